The van der Waals surface area contributed by atoms with Gasteiger partial charge in [-0.1, -0.05) is 0 Å². The van der Waals surface area contributed by atoms with Crippen molar-refractivity contribution in [2.75, 3.05) is 6.54 Å². The molecule has 0 fully saturated rings. The first-order valence-corrected chi connectivity index (χ1v) is 5.22. The molecule has 1 atom stereocenters. The Labute approximate surface area is 93.9 Å². The molecule has 2 aromatic rings. The van der Waals surface area contributed by atoms with Crippen LogP contribution in [-0.2, 0) is 6.54 Å². The molecule has 2 heterocycles. The molecular weight excluding hydrogens is 206 g/mol. The lowest BCUT2D eigenvalue weighted by molar-refractivity contribution is 0.146. The van der Waals surface area contributed by atoms with Crippen LogP contribution in [0.2, 0.25) is 0 Å². The van der Waals surface area contributed by atoms with E-state index in [0.29, 0.717) is 18.8 Å². The van der Waals surface area contributed by atoms with E-state index in [4.69, 9.17) is 8.83 Å². The SMILES string of the molecule is Cc1ccoc1CNCC(O)c1ccco1. The highest BCUT2D eigenvalue weighted by molar-refractivity contribution is 5.14. The number of hydrogen-bond donors (Lipinski definition) is 2. The monoisotopic (exact) mass is 221 g/mol. The summed E-state index contributed by atoms with van der Waals surface area (Å²) >= 11 is 0. The molecule has 86 valence electrons. The summed E-state index contributed by atoms with van der Waals surface area (Å²) in [5.41, 5.74) is 1.11. The van der Waals surface area contributed by atoms with E-state index in [1.807, 2.05) is 13.0 Å². The van der Waals surface area contributed by atoms with Gasteiger partial charge in [-0.3, -0.25) is 0 Å². The molecular formula is C12H15NO3. The number of aliphatic hydroxyl groups is 1. The van der Waals surface area contributed by atoms with E-state index in [9.17, 15) is 5.11 Å². The van der Waals surface area contributed by atoms with Crippen LogP contribution in [0.3, 0.4) is 0 Å². The summed E-state index contributed by atoms with van der Waals surface area (Å²) in [5, 5.41) is 12.8. The minimum absolute atomic E-state index is 0.438. The molecule has 0 aromatic carbocycles. The summed E-state index contributed by atoms with van der Waals surface area (Å²) in [6.07, 6.45) is 2.59. The van der Waals surface area contributed by atoms with Crippen LogP contribution in [0.5, 0.6) is 0 Å². The molecule has 0 radical (unpaired) electrons. The number of nitrogens with one attached hydrogen (secondary N) is 1. The summed E-state index contributed by atoms with van der Waals surface area (Å²) < 4.78 is 10.4. The number of hydrogen-bond acceptors (Lipinski definition) is 4. The number of rotatable bonds is 5. The Balaban J connectivity index is 1.78. The highest BCUT2D eigenvalue weighted by Gasteiger charge is 2.10. The fourth-order valence-corrected chi connectivity index (χ4v) is 1.49. The molecule has 4 nitrogen and oxygen atoms in total. The van der Waals surface area contributed by atoms with E-state index in [-0.39, 0.29) is 0 Å². The van der Waals surface area contributed by atoms with Crippen molar-refractivity contribution in [1.82, 2.24) is 5.32 Å². The third-order valence-electron chi connectivity index (χ3n) is 2.46. The van der Waals surface area contributed by atoms with E-state index in [1.165, 1.54) is 0 Å². The van der Waals surface area contributed by atoms with E-state index in [1.54, 1.807) is 24.7 Å². The van der Waals surface area contributed by atoms with Gasteiger partial charge in [0.2, 0.25) is 0 Å². The molecule has 0 amide bonds. The minimum Gasteiger partial charge on any atom is -0.468 e. The maximum absolute atomic E-state index is 9.72. The van der Waals surface area contributed by atoms with Gasteiger partial charge in [0.1, 0.15) is 17.6 Å². The van der Waals surface area contributed by atoms with Crippen LogP contribution in [0.1, 0.15) is 23.2 Å². The van der Waals surface area contributed by atoms with Crippen LogP contribution < -0.4 is 5.32 Å². The Morgan fingerprint density at radius 2 is 2.19 bits per heavy atom. The van der Waals surface area contributed by atoms with Gasteiger partial charge in [0, 0.05) is 6.54 Å². The number of furan rings is 2. The highest BCUT2D eigenvalue weighted by Crippen LogP contribution is 2.12. The van der Waals surface area contributed by atoms with Crippen molar-refractivity contribution in [2.24, 2.45) is 0 Å². The molecule has 2 N–H and O–H groups in total. The third kappa shape index (κ3) is 2.53. The van der Waals surface area contributed by atoms with Crippen molar-refractivity contribution < 1.29 is 13.9 Å². The first-order valence-electron chi connectivity index (χ1n) is 5.22. The molecule has 0 aliphatic rings. The normalized spacial score (nSPS) is 12.9. The minimum atomic E-state index is -0.620. The van der Waals surface area contributed by atoms with Gasteiger partial charge in [-0.15, -0.1) is 0 Å². The maximum atomic E-state index is 9.72. The standard InChI is InChI=1S/C12H15NO3/c1-9-4-6-16-12(9)8-13-7-10(14)11-3-2-5-15-11/h2-6,10,13-14H,7-8H2,1H3. The molecule has 0 saturated carbocycles. The fourth-order valence-electron chi connectivity index (χ4n) is 1.49. The molecule has 0 spiro atoms. The highest BCUT2D eigenvalue weighted by atomic mass is 16.4. The van der Waals surface area contributed by atoms with Crippen molar-refractivity contribution in [3.05, 3.63) is 47.8 Å². The quantitative estimate of drug-likeness (QED) is 0.810. The van der Waals surface area contributed by atoms with Gasteiger partial charge in [0.25, 0.3) is 0 Å². The number of aryl methyl sites for hydroxylation is 1. The topological polar surface area (TPSA) is 58.5 Å². The lowest BCUT2D eigenvalue weighted by atomic mass is 10.2. The van der Waals surface area contributed by atoms with Crippen LogP contribution in [0.25, 0.3) is 0 Å². The molecule has 4 heteroatoms. The van der Waals surface area contributed by atoms with Gasteiger partial charge in [-0.05, 0) is 30.7 Å². The van der Waals surface area contributed by atoms with E-state index < -0.39 is 6.10 Å². The summed E-state index contributed by atoms with van der Waals surface area (Å²) in [6, 6.07) is 5.43. The van der Waals surface area contributed by atoms with Crippen LogP contribution in [0.4, 0.5) is 0 Å². The molecule has 0 bridgehead atoms. The van der Waals surface area contributed by atoms with Gasteiger partial charge in [-0.25, -0.2) is 0 Å². The van der Waals surface area contributed by atoms with Crippen molar-refractivity contribution >= 4 is 0 Å². The zero-order valence-electron chi connectivity index (χ0n) is 9.14. The summed E-state index contributed by atoms with van der Waals surface area (Å²) in [4.78, 5) is 0. The third-order valence-corrected chi connectivity index (χ3v) is 2.46. The van der Waals surface area contributed by atoms with E-state index in [2.05, 4.69) is 5.32 Å². The van der Waals surface area contributed by atoms with Crippen molar-refractivity contribution in [1.29, 1.82) is 0 Å². The van der Waals surface area contributed by atoms with Crippen LogP contribution in [-0.4, -0.2) is 11.7 Å². The first-order chi connectivity index (χ1) is 7.77. The fraction of sp³-hybridized carbons (Fsp3) is 0.333. The first kappa shape index (κ1) is 11.0. The zero-order valence-corrected chi connectivity index (χ0v) is 9.14. The molecule has 16 heavy (non-hydrogen) atoms. The predicted molar refractivity (Wildman–Crippen MR) is 58.8 cm³/mol. The predicted octanol–water partition coefficient (Wildman–Crippen LogP) is 2.00. The lowest BCUT2D eigenvalue weighted by Gasteiger charge is -2.08. The van der Waals surface area contributed by atoms with Crippen molar-refractivity contribution in [3.63, 3.8) is 0 Å². The Morgan fingerprint density at radius 3 is 2.81 bits per heavy atom. The smallest absolute Gasteiger partial charge is 0.133 e. The zero-order chi connectivity index (χ0) is 11.4. The second kappa shape index (κ2) is 5.01. The summed E-state index contributed by atoms with van der Waals surface area (Å²) in [6.45, 7) is 3.04. The second-order valence-electron chi connectivity index (χ2n) is 3.69. The van der Waals surface area contributed by atoms with Gasteiger partial charge in [0.15, 0.2) is 0 Å². The average Bonchev–Trinajstić information content (AvgIpc) is 2.90. The Morgan fingerprint density at radius 1 is 1.31 bits per heavy atom. The molecule has 1 unspecified atom stereocenters. The summed E-state index contributed by atoms with van der Waals surface area (Å²) in [7, 11) is 0. The van der Waals surface area contributed by atoms with Crippen LogP contribution >= 0.6 is 0 Å². The van der Waals surface area contributed by atoms with Gasteiger partial charge < -0.3 is 19.3 Å². The molecule has 2 aromatic heterocycles. The van der Waals surface area contributed by atoms with Crippen molar-refractivity contribution in [3.8, 4) is 0 Å². The Hall–Kier alpha value is -1.52. The van der Waals surface area contributed by atoms with E-state index in [0.717, 1.165) is 11.3 Å². The van der Waals surface area contributed by atoms with Gasteiger partial charge in [0.05, 0.1) is 19.1 Å². The van der Waals surface area contributed by atoms with Crippen LogP contribution in [0, 0.1) is 6.92 Å². The molecule has 0 aliphatic carbocycles. The Bertz CT molecular complexity index is 419. The summed E-state index contributed by atoms with van der Waals surface area (Å²) in [5.74, 6) is 1.47. The molecule has 0 aliphatic heterocycles. The number of aliphatic hydroxyl groups excluding tert-OH is 1. The van der Waals surface area contributed by atoms with E-state index >= 15 is 0 Å². The molecule has 2 rings (SSSR count). The van der Waals surface area contributed by atoms with Gasteiger partial charge in [-0.2, -0.15) is 0 Å². The largest absolute Gasteiger partial charge is 0.468 e. The average molecular weight is 221 g/mol. The maximum Gasteiger partial charge on any atom is 0.133 e. The second-order valence-corrected chi connectivity index (χ2v) is 3.69. The molecule has 0 saturated heterocycles. The van der Waals surface area contributed by atoms with Crippen molar-refractivity contribution in [2.45, 2.75) is 19.6 Å². The lowest BCUT2D eigenvalue weighted by Crippen LogP contribution is -2.20. The van der Waals surface area contributed by atoms with Gasteiger partial charge >= 0.3 is 0 Å². The Kier molecular flexibility index (Phi) is 3.44. The van der Waals surface area contributed by atoms with Crippen LogP contribution in [0.15, 0.2) is 39.6 Å².